The minimum Gasteiger partial charge on any atom is -0.493 e. The van der Waals surface area contributed by atoms with E-state index in [4.69, 9.17) is 19.8 Å². The first kappa shape index (κ1) is 17.6. The van der Waals surface area contributed by atoms with Crippen molar-refractivity contribution in [3.05, 3.63) is 23.5 Å². The van der Waals surface area contributed by atoms with E-state index < -0.39 is 24.1 Å². The molecule has 0 aliphatic carbocycles. The Morgan fingerprint density at radius 3 is 2.30 bits per heavy atom. The Morgan fingerprint density at radius 2 is 1.83 bits per heavy atom. The number of nitrogens with one attached hydrogen (secondary N) is 1. The molecule has 3 N–H and O–H groups in total. The molecule has 0 spiro atoms. The zero-order valence-electron chi connectivity index (χ0n) is 14.4. The Kier molecular flexibility index (Phi) is 4.59. The van der Waals surface area contributed by atoms with Gasteiger partial charge < -0.3 is 25.2 Å². The SMILES string of the molecule is CN/N=C(\N)c1cc(B2OC(C)(C)C(C)(C)O2)cc(F)c1OC. The maximum atomic E-state index is 14.4. The van der Waals surface area contributed by atoms with E-state index in [-0.39, 0.29) is 11.6 Å². The van der Waals surface area contributed by atoms with Crippen LogP contribution in [0.5, 0.6) is 5.75 Å². The molecule has 2 rings (SSSR count). The molecule has 1 heterocycles. The number of amidine groups is 1. The molecule has 1 aliphatic rings. The highest BCUT2D eigenvalue weighted by Gasteiger charge is 2.52. The lowest BCUT2D eigenvalue weighted by molar-refractivity contribution is 0.00578. The van der Waals surface area contributed by atoms with Crippen LogP contribution >= 0.6 is 0 Å². The third-order valence-corrected chi connectivity index (χ3v) is 4.30. The number of hydrogen-bond donors (Lipinski definition) is 2. The van der Waals surface area contributed by atoms with Crippen LogP contribution in [-0.4, -0.2) is 38.3 Å². The van der Waals surface area contributed by atoms with Crippen molar-refractivity contribution in [1.29, 1.82) is 0 Å². The van der Waals surface area contributed by atoms with Crippen LogP contribution in [0.15, 0.2) is 17.2 Å². The van der Waals surface area contributed by atoms with Gasteiger partial charge in [0, 0.05) is 7.05 Å². The molecule has 1 aromatic rings. The second-order valence-electron chi connectivity index (χ2n) is 6.39. The molecule has 0 amide bonds. The Bertz CT molecular complexity index is 619. The highest BCUT2D eigenvalue weighted by atomic mass is 19.1. The summed E-state index contributed by atoms with van der Waals surface area (Å²) < 4.78 is 31.4. The number of ether oxygens (including phenoxy) is 1. The van der Waals surface area contributed by atoms with E-state index in [0.29, 0.717) is 11.0 Å². The summed E-state index contributed by atoms with van der Waals surface area (Å²) in [6.45, 7) is 7.74. The number of nitrogens with zero attached hydrogens (tertiary/aromatic N) is 1. The molecule has 23 heavy (non-hydrogen) atoms. The molecular weight excluding hydrogens is 300 g/mol. The lowest BCUT2D eigenvalue weighted by atomic mass is 9.78. The fraction of sp³-hybridized carbons (Fsp3) is 0.533. The normalized spacial score (nSPS) is 19.8. The molecular formula is C15H23BFN3O3. The van der Waals surface area contributed by atoms with Gasteiger partial charge >= 0.3 is 7.12 Å². The van der Waals surface area contributed by atoms with Crippen LogP contribution in [0, 0.1) is 5.82 Å². The van der Waals surface area contributed by atoms with Gasteiger partial charge in [-0.05, 0) is 45.3 Å². The maximum Gasteiger partial charge on any atom is 0.494 e. The Morgan fingerprint density at radius 1 is 1.26 bits per heavy atom. The van der Waals surface area contributed by atoms with E-state index in [2.05, 4.69) is 10.5 Å². The van der Waals surface area contributed by atoms with Gasteiger partial charge in [-0.15, -0.1) is 0 Å². The first-order valence-corrected chi connectivity index (χ1v) is 7.36. The zero-order chi connectivity index (χ0) is 17.4. The molecule has 1 aliphatic heterocycles. The third-order valence-electron chi connectivity index (χ3n) is 4.30. The molecule has 126 valence electrons. The van der Waals surface area contributed by atoms with Gasteiger partial charge in [-0.1, -0.05) is 0 Å². The van der Waals surface area contributed by atoms with Crippen LogP contribution in [0.3, 0.4) is 0 Å². The number of methoxy groups -OCH3 is 1. The summed E-state index contributed by atoms with van der Waals surface area (Å²) >= 11 is 0. The molecule has 0 bridgehead atoms. The van der Waals surface area contributed by atoms with Crippen molar-refractivity contribution >= 4 is 18.4 Å². The standard InChI is InChI=1S/C15H23BFN3O3/c1-14(2)15(3,4)23-16(22-14)9-7-10(13(18)20-19-5)12(21-6)11(17)8-9/h7-8,19H,1-6H3,(H2,18,20). The second kappa shape index (κ2) is 6.01. The minimum absolute atomic E-state index is 0.0294. The van der Waals surface area contributed by atoms with Crippen molar-refractivity contribution in [2.24, 2.45) is 10.8 Å². The summed E-state index contributed by atoms with van der Waals surface area (Å²) in [5.41, 5.74) is 8.29. The van der Waals surface area contributed by atoms with Crippen molar-refractivity contribution in [1.82, 2.24) is 5.43 Å². The number of benzene rings is 1. The van der Waals surface area contributed by atoms with Crippen molar-refractivity contribution in [2.75, 3.05) is 14.2 Å². The zero-order valence-corrected chi connectivity index (χ0v) is 14.4. The van der Waals surface area contributed by atoms with Crippen LogP contribution in [0.1, 0.15) is 33.3 Å². The van der Waals surface area contributed by atoms with Crippen LogP contribution < -0.4 is 21.4 Å². The molecule has 0 saturated carbocycles. The summed E-state index contributed by atoms with van der Waals surface area (Å²) in [7, 11) is 2.29. The summed E-state index contributed by atoms with van der Waals surface area (Å²) in [6, 6.07) is 3.00. The molecule has 0 radical (unpaired) electrons. The molecule has 0 atom stereocenters. The second-order valence-corrected chi connectivity index (χ2v) is 6.39. The van der Waals surface area contributed by atoms with Crippen LogP contribution in [0.4, 0.5) is 4.39 Å². The van der Waals surface area contributed by atoms with Gasteiger partial charge in [0.15, 0.2) is 17.4 Å². The number of nitrogens with two attached hydrogens (primary N) is 1. The lowest BCUT2D eigenvalue weighted by Gasteiger charge is -2.32. The Balaban J connectivity index is 2.48. The summed E-state index contributed by atoms with van der Waals surface area (Å²) in [4.78, 5) is 0. The quantitative estimate of drug-likeness (QED) is 0.374. The van der Waals surface area contributed by atoms with Crippen molar-refractivity contribution in [3.63, 3.8) is 0 Å². The van der Waals surface area contributed by atoms with Gasteiger partial charge in [-0.2, -0.15) is 5.10 Å². The number of hydrazone groups is 1. The van der Waals surface area contributed by atoms with Gasteiger partial charge in [0.2, 0.25) is 0 Å². The molecule has 0 aromatic heterocycles. The highest BCUT2D eigenvalue weighted by molar-refractivity contribution is 6.62. The topological polar surface area (TPSA) is 78.1 Å². The number of rotatable bonds is 4. The highest BCUT2D eigenvalue weighted by Crippen LogP contribution is 2.36. The average Bonchev–Trinajstić information content (AvgIpc) is 2.66. The van der Waals surface area contributed by atoms with E-state index in [1.807, 2.05) is 27.7 Å². The first-order valence-electron chi connectivity index (χ1n) is 7.36. The van der Waals surface area contributed by atoms with Crippen molar-refractivity contribution in [3.8, 4) is 5.75 Å². The maximum absolute atomic E-state index is 14.4. The number of hydrogen-bond acceptors (Lipinski definition) is 5. The largest absolute Gasteiger partial charge is 0.494 e. The molecule has 8 heteroatoms. The van der Waals surface area contributed by atoms with E-state index in [1.54, 1.807) is 13.1 Å². The average molecular weight is 323 g/mol. The van der Waals surface area contributed by atoms with Gasteiger partial charge in [0.25, 0.3) is 0 Å². The van der Waals surface area contributed by atoms with Crippen LogP contribution in [0.2, 0.25) is 0 Å². The molecule has 0 unspecified atom stereocenters. The molecule has 1 fully saturated rings. The smallest absolute Gasteiger partial charge is 0.493 e. The summed E-state index contributed by atoms with van der Waals surface area (Å²) in [5.74, 6) is -0.410. The van der Waals surface area contributed by atoms with Crippen molar-refractivity contribution < 1.29 is 18.4 Å². The van der Waals surface area contributed by atoms with Crippen LogP contribution in [-0.2, 0) is 9.31 Å². The van der Waals surface area contributed by atoms with Gasteiger partial charge in [-0.25, -0.2) is 4.39 Å². The van der Waals surface area contributed by atoms with Crippen LogP contribution in [0.25, 0.3) is 0 Å². The predicted molar refractivity (Wildman–Crippen MR) is 88.5 cm³/mol. The Hall–Kier alpha value is -1.80. The first-order chi connectivity index (χ1) is 10.6. The predicted octanol–water partition coefficient (Wildman–Crippen LogP) is 0.973. The van der Waals surface area contributed by atoms with Gasteiger partial charge in [0.1, 0.15) is 0 Å². The summed E-state index contributed by atoms with van der Waals surface area (Å²) in [5, 5.41) is 3.89. The third kappa shape index (κ3) is 3.14. The van der Waals surface area contributed by atoms with Crippen molar-refractivity contribution in [2.45, 2.75) is 38.9 Å². The minimum atomic E-state index is -0.693. The van der Waals surface area contributed by atoms with E-state index in [9.17, 15) is 4.39 Å². The van der Waals surface area contributed by atoms with E-state index in [0.717, 1.165) is 0 Å². The van der Waals surface area contributed by atoms with Gasteiger partial charge in [0.05, 0.1) is 23.9 Å². The fourth-order valence-corrected chi connectivity index (χ4v) is 2.31. The summed E-state index contributed by atoms with van der Waals surface area (Å²) in [6.07, 6.45) is 0. The van der Waals surface area contributed by atoms with E-state index >= 15 is 0 Å². The molecule has 1 aromatic carbocycles. The Labute approximate surface area is 136 Å². The lowest BCUT2D eigenvalue weighted by Crippen LogP contribution is -2.41. The monoisotopic (exact) mass is 323 g/mol. The molecule has 1 saturated heterocycles. The van der Waals surface area contributed by atoms with E-state index in [1.165, 1.54) is 13.2 Å². The van der Waals surface area contributed by atoms with Gasteiger partial charge in [-0.3, -0.25) is 0 Å². The number of halogens is 1. The molecule has 6 nitrogen and oxygen atoms in total. The fourth-order valence-electron chi connectivity index (χ4n) is 2.31.